The minimum atomic E-state index is -0.606. The third-order valence-corrected chi connectivity index (χ3v) is 4.17. The van der Waals surface area contributed by atoms with Crippen LogP contribution in [0.5, 0.6) is 0 Å². The van der Waals surface area contributed by atoms with Crippen molar-refractivity contribution in [3.63, 3.8) is 0 Å². The van der Waals surface area contributed by atoms with E-state index >= 15 is 0 Å². The SMILES string of the molecule is CN(C)CCN(CC(=O)OC(C)(C)C)C(=O)CCC(=O)c1ccc(Br)cc1. The second-order valence-corrected chi connectivity index (χ2v) is 8.55. The van der Waals surface area contributed by atoms with Crippen LogP contribution in [0.3, 0.4) is 0 Å². The number of carbonyl (C=O) groups excluding carboxylic acids is 3. The average Bonchev–Trinajstić information content (AvgIpc) is 2.55. The monoisotopic (exact) mass is 440 g/mol. The van der Waals surface area contributed by atoms with Gasteiger partial charge in [0.05, 0.1) is 0 Å². The Balaban J connectivity index is 2.67. The molecule has 0 aromatic heterocycles. The molecule has 0 fully saturated rings. The number of ketones is 1. The van der Waals surface area contributed by atoms with Gasteiger partial charge in [-0.25, -0.2) is 0 Å². The van der Waals surface area contributed by atoms with E-state index in [1.54, 1.807) is 45.0 Å². The molecule has 0 saturated carbocycles. The lowest BCUT2D eigenvalue weighted by molar-refractivity contribution is -0.159. The van der Waals surface area contributed by atoms with E-state index in [1.807, 2.05) is 19.0 Å². The summed E-state index contributed by atoms with van der Waals surface area (Å²) in [6, 6.07) is 7.03. The maximum Gasteiger partial charge on any atom is 0.326 e. The van der Waals surface area contributed by atoms with Crippen molar-refractivity contribution in [3.8, 4) is 0 Å². The first-order valence-corrected chi connectivity index (χ1v) is 9.70. The summed E-state index contributed by atoms with van der Waals surface area (Å²) >= 11 is 3.33. The van der Waals surface area contributed by atoms with E-state index in [9.17, 15) is 14.4 Å². The van der Waals surface area contributed by atoms with Gasteiger partial charge in [-0.1, -0.05) is 28.1 Å². The number of likely N-dealkylation sites (N-methyl/N-ethyl adjacent to an activating group) is 1. The molecule has 0 atom stereocenters. The normalized spacial score (nSPS) is 11.4. The molecular formula is C20H29BrN2O4. The molecule has 0 unspecified atom stereocenters. The van der Waals surface area contributed by atoms with E-state index in [0.717, 1.165) is 4.47 Å². The van der Waals surface area contributed by atoms with Gasteiger partial charge in [0.15, 0.2) is 5.78 Å². The predicted octanol–water partition coefficient (Wildman–Crippen LogP) is 3.14. The molecule has 1 amide bonds. The van der Waals surface area contributed by atoms with Gasteiger partial charge in [-0.15, -0.1) is 0 Å². The van der Waals surface area contributed by atoms with Gasteiger partial charge in [0.2, 0.25) is 5.91 Å². The molecule has 1 aromatic carbocycles. The zero-order valence-corrected chi connectivity index (χ0v) is 18.3. The van der Waals surface area contributed by atoms with Gasteiger partial charge >= 0.3 is 5.97 Å². The van der Waals surface area contributed by atoms with Gasteiger partial charge < -0.3 is 14.5 Å². The van der Waals surface area contributed by atoms with Crippen LogP contribution in [0.15, 0.2) is 28.7 Å². The van der Waals surface area contributed by atoms with Gasteiger partial charge in [0.25, 0.3) is 0 Å². The summed E-state index contributed by atoms with van der Waals surface area (Å²) in [6.45, 7) is 6.26. The Bertz CT molecular complexity index is 651. The van der Waals surface area contributed by atoms with Gasteiger partial charge in [-0.2, -0.15) is 0 Å². The van der Waals surface area contributed by atoms with E-state index in [-0.39, 0.29) is 31.1 Å². The van der Waals surface area contributed by atoms with E-state index in [1.165, 1.54) is 4.90 Å². The smallest absolute Gasteiger partial charge is 0.326 e. The van der Waals surface area contributed by atoms with E-state index in [0.29, 0.717) is 18.7 Å². The molecule has 0 saturated heterocycles. The highest BCUT2D eigenvalue weighted by molar-refractivity contribution is 9.10. The van der Waals surface area contributed by atoms with Crippen LogP contribution in [0.2, 0.25) is 0 Å². The van der Waals surface area contributed by atoms with Crippen LogP contribution in [0.4, 0.5) is 0 Å². The largest absolute Gasteiger partial charge is 0.459 e. The average molecular weight is 441 g/mol. The minimum absolute atomic E-state index is 0.0606. The van der Waals surface area contributed by atoms with Crippen molar-refractivity contribution in [2.24, 2.45) is 0 Å². The molecule has 0 N–H and O–H groups in total. The quantitative estimate of drug-likeness (QED) is 0.435. The van der Waals surface area contributed by atoms with Crippen LogP contribution in [0.25, 0.3) is 0 Å². The molecule has 27 heavy (non-hydrogen) atoms. The number of nitrogens with zero attached hydrogens (tertiary/aromatic N) is 2. The summed E-state index contributed by atoms with van der Waals surface area (Å²) in [5.74, 6) is -0.775. The topological polar surface area (TPSA) is 66.9 Å². The zero-order chi connectivity index (χ0) is 20.6. The number of hydrogen-bond acceptors (Lipinski definition) is 5. The lowest BCUT2D eigenvalue weighted by atomic mass is 10.1. The van der Waals surface area contributed by atoms with Crippen molar-refractivity contribution in [2.45, 2.75) is 39.2 Å². The lowest BCUT2D eigenvalue weighted by Crippen LogP contribution is -2.42. The fourth-order valence-electron chi connectivity index (χ4n) is 2.30. The van der Waals surface area contributed by atoms with Crippen molar-refractivity contribution in [3.05, 3.63) is 34.3 Å². The Morgan fingerprint density at radius 3 is 2.11 bits per heavy atom. The summed E-state index contributed by atoms with van der Waals surface area (Å²) in [7, 11) is 3.79. The summed E-state index contributed by atoms with van der Waals surface area (Å²) in [4.78, 5) is 40.4. The van der Waals surface area contributed by atoms with Crippen LogP contribution >= 0.6 is 15.9 Å². The van der Waals surface area contributed by atoms with Crippen LogP contribution in [-0.4, -0.2) is 66.8 Å². The van der Waals surface area contributed by atoms with Crippen LogP contribution in [-0.2, 0) is 14.3 Å². The number of carbonyl (C=O) groups is 3. The van der Waals surface area contributed by atoms with Crippen molar-refractivity contribution in [2.75, 3.05) is 33.7 Å². The molecule has 0 radical (unpaired) electrons. The second kappa shape index (κ2) is 10.6. The molecule has 1 rings (SSSR count). The van der Waals surface area contributed by atoms with Gasteiger partial charge in [0, 0.05) is 36.0 Å². The van der Waals surface area contributed by atoms with E-state index < -0.39 is 11.6 Å². The standard InChI is InChI=1S/C20H29BrN2O4/c1-20(2,3)27-19(26)14-23(13-12-22(4)5)18(25)11-10-17(24)15-6-8-16(21)9-7-15/h6-9H,10-14H2,1-5H3. The summed E-state index contributed by atoms with van der Waals surface area (Å²) in [6.07, 6.45) is 0.165. The van der Waals surface area contributed by atoms with Crippen molar-refractivity contribution >= 4 is 33.6 Å². The minimum Gasteiger partial charge on any atom is -0.459 e. The van der Waals surface area contributed by atoms with Gasteiger partial charge in [-0.3, -0.25) is 14.4 Å². The molecule has 6 nitrogen and oxygen atoms in total. The highest BCUT2D eigenvalue weighted by atomic mass is 79.9. The molecular weight excluding hydrogens is 412 g/mol. The van der Waals surface area contributed by atoms with Crippen LogP contribution in [0.1, 0.15) is 44.0 Å². The third-order valence-electron chi connectivity index (χ3n) is 3.64. The first kappa shape index (κ1) is 23.3. The highest BCUT2D eigenvalue weighted by Crippen LogP contribution is 2.13. The molecule has 0 aliphatic rings. The fraction of sp³-hybridized carbons (Fsp3) is 0.550. The van der Waals surface area contributed by atoms with Gasteiger partial charge in [-0.05, 0) is 47.0 Å². The number of rotatable bonds is 9. The maximum absolute atomic E-state index is 12.6. The molecule has 0 heterocycles. The summed E-state index contributed by atoms with van der Waals surface area (Å²) in [5, 5.41) is 0. The van der Waals surface area contributed by atoms with Crippen LogP contribution in [0, 0.1) is 0 Å². The first-order chi connectivity index (χ1) is 12.5. The third kappa shape index (κ3) is 9.68. The number of Topliss-reactive ketones (excluding diaryl/α,β-unsaturated/α-hetero) is 1. The van der Waals surface area contributed by atoms with Crippen molar-refractivity contribution in [1.29, 1.82) is 0 Å². The predicted molar refractivity (Wildman–Crippen MR) is 109 cm³/mol. The molecule has 0 bridgehead atoms. The Kier molecular flexibility index (Phi) is 9.12. The van der Waals surface area contributed by atoms with E-state index in [4.69, 9.17) is 4.74 Å². The van der Waals surface area contributed by atoms with Gasteiger partial charge in [0.1, 0.15) is 12.1 Å². The second-order valence-electron chi connectivity index (χ2n) is 7.64. The molecule has 0 spiro atoms. The number of benzene rings is 1. The number of esters is 1. The van der Waals surface area contributed by atoms with Crippen molar-refractivity contribution in [1.82, 2.24) is 9.80 Å². The Morgan fingerprint density at radius 1 is 1.00 bits per heavy atom. The maximum atomic E-state index is 12.6. The number of hydrogen-bond donors (Lipinski definition) is 0. The highest BCUT2D eigenvalue weighted by Gasteiger charge is 2.22. The molecule has 150 valence electrons. The first-order valence-electron chi connectivity index (χ1n) is 8.91. The Morgan fingerprint density at radius 2 is 1.59 bits per heavy atom. The summed E-state index contributed by atoms with van der Waals surface area (Å²) in [5.41, 5.74) is -0.0387. The molecule has 0 aliphatic carbocycles. The molecule has 0 aliphatic heterocycles. The number of halogens is 1. The fourth-order valence-corrected chi connectivity index (χ4v) is 2.57. The summed E-state index contributed by atoms with van der Waals surface area (Å²) < 4.78 is 6.20. The van der Waals surface area contributed by atoms with Crippen LogP contribution < -0.4 is 0 Å². The van der Waals surface area contributed by atoms with Crippen molar-refractivity contribution < 1.29 is 19.1 Å². The number of ether oxygens (including phenoxy) is 1. The molecule has 7 heteroatoms. The number of amides is 1. The zero-order valence-electron chi connectivity index (χ0n) is 16.8. The van der Waals surface area contributed by atoms with E-state index in [2.05, 4.69) is 15.9 Å². The Hall–Kier alpha value is -1.73. The lowest BCUT2D eigenvalue weighted by Gasteiger charge is -2.26. The Labute approximate surface area is 170 Å². The molecule has 1 aromatic rings.